The number of amides is 1. The molecule has 0 spiro atoms. The highest BCUT2D eigenvalue weighted by Gasteiger charge is 2.12. The molecule has 2 aromatic rings. The Kier molecular flexibility index (Phi) is 3.48. The number of aromatic nitrogens is 1. The highest BCUT2D eigenvalue weighted by atomic mass is 35.5. The van der Waals surface area contributed by atoms with Crippen molar-refractivity contribution in [2.24, 2.45) is 0 Å². The monoisotopic (exact) mass is 262 g/mol. The number of hydrogen-bond donors (Lipinski definition) is 2. The maximum Gasteiger partial charge on any atom is 0.257 e. The Morgan fingerprint density at radius 3 is 2.89 bits per heavy atom. The average molecular weight is 263 g/mol. The molecular formula is C13H11ClN2O2. The molecule has 1 amide bonds. The van der Waals surface area contributed by atoms with Crippen LogP contribution in [0.4, 0.5) is 5.69 Å². The summed E-state index contributed by atoms with van der Waals surface area (Å²) < 4.78 is 0. The van der Waals surface area contributed by atoms with Crippen LogP contribution in [0.5, 0.6) is 5.75 Å². The highest BCUT2D eigenvalue weighted by molar-refractivity contribution is 6.34. The van der Waals surface area contributed by atoms with Crippen molar-refractivity contribution in [3.05, 3.63) is 52.8 Å². The molecule has 0 fully saturated rings. The Balaban J connectivity index is 2.27. The van der Waals surface area contributed by atoms with Crippen molar-refractivity contribution in [2.45, 2.75) is 6.92 Å². The summed E-state index contributed by atoms with van der Waals surface area (Å²) in [5.41, 5.74) is 1.60. The smallest absolute Gasteiger partial charge is 0.257 e. The van der Waals surface area contributed by atoms with Gasteiger partial charge < -0.3 is 10.4 Å². The lowest BCUT2D eigenvalue weighted by atomic mass is 10.2. The largest absolute Gasteiger partial charge is 0.506 e. The fourth-order valence-electron chi connectivity index (χ4n) is 1.50. The molecule has 1 aromatic carbocycles. The summed E-state index contributed by atoms with van der Waals surface area (Å²) >= 11 is 5.87. The van der Waals surface area contributed by atoms with E-state index in [1.54, 1.807) is 12.1 Å². The number of nitrogens with one attached hydrogen (secondary N) is 1. The van der Waals surface area contributed by atoms with Crippen molar-refractivity contribution < 1.29 is 9.90 Å². The van der Waals surface area contributed by atoms with Crippen LogP contribution >= 0.6 is 11.6 Å². The number of aryl methyl sites for hydroxylation is 1. The number of rotatable bonds is 2. The van der Waals surface area contributed by atoms with Crippen LogP contribution in [-0.2, 0) is 0 Å². The minimum Gasteiger partial charge on any atom is -0.506 e. The zero-order valence-corrected chi connectivity index (χ0v) is 10.4. The van der Waals surface area contributed by atoms with Crippen molar-refractivity contribution in [2.75, 3.05) is 5.32 Å². The number of phenols is 1. The number of phenolic OH excluding ortho intramolecular Hbond substituents is 1. The van der Waals surface area contributed by atoms with Crippen molar-refractivity contribution in [3.8, 4) is 5.75 Å². The van der Waals surface area contributed by atoms with Gasteiger partial charge in [0.1, 0.15) is 5.75 Å². The van der Waals surface area contributed by atoms with Gasteiger partial charge in [-0.2, -0.15) is 0 Å². The van der Waals surface area contributed by atoms with Crippen LogP contribution in [0.25, 0.3) is 0 Å². The molecule has 0 unspecified atom stereocenters. The third-order valence-electron chi connectivity index (χ3n) is 2.42. The molecule has 0 bridgehead atoms. The molecule has 2 N–H and O–H groups in total. The van der Waals surface area contributed by atoms with Gasteiger partial charge in [0.15, 0.2) is 0 Å². The first-order chi connectivity index (χ1) is 8.58. The second-order valence-electron chi connectivity index (χ2n) is 3.83. The van der Waals surface area contributed by atoms with E-state index < -0.39 is 0 Å². The molecule has 18 heavy (non-hydrogen) atoms. The van der Waals surface area contributed by atoms with E-state index in [0.717, 1.165) is 5.56 Å². The van der Waals surface area contributed by atoms with Gasteiger partial charge in [-0.15, -0.1) is 0 Å². The molecule has 1 aromatic heterocycles. The Morgan fingerprint density at radius 1 is 1.39 bits per heavy atom. The van der Waals surface area contributed by atoms with E-state index in [1.807, 2.05) is 6.92 Å². The van der Waals surface area contributed by atoms with Crippen LogP contribution in [0, 0.1) is 6.92 Å². The lowest BCUT2D eigenvalue weighted by molar-refractivity contribution is 0.102. The summed E-state index contributed by atoms with van der Waals surface area (Å²) in [5.74, 6) is -0.373. The van der Waals surface area contributed by atoms with Crippen molar-refractivity contribution >= 4 is 23.2 Å². The number of halogens is 1. The second-order valence-corrected chi connectivity index (χ2v) is 4.24. The van der Waals surface area contributed by atoms with E-state index in [0.29, 0.717) is 11.3 Å². The maximum absolute atomic E-state index is 12.0. The van der Waals surface area contributed by atoms with E-state index in [-0.39, 0.29) is 16.7 Å². The standard InChI is InChI=1S/C13H11ClN2O2/c1-8-2-3-12(17)11(6-8)16-13(18)9-4-5-15-7-10(9)14/h2-7,17H,1H3,(H,16,18). The Morgan fingerprint density at radius 2 is 2.17 bits per heavy atom. The number of nitrogens with zero attached hydrogens (tertiary/aromatic N) is 1. The Labute approximate surface area is 109 Å². The van der Waals surface area contributed by atoms with Crippen LogP contribution in [0.2, 0.25) is 5.02 Å². The second kappa shape index (κ2) is 5.06. The van der Waals surface area contributed by atoms with E-state index >= 15 is 0 Å². The number of hydrogen-bond acceptors (Lipinski definition) is 3. The normalized spacial score (nSPS) is 10.1. The topological polar surface area (TPSA) is 62.2 Å². The first-order valence-electron chi connectivity index (χ1n) is 5.28. The van der Waals surface area contributed by atoms with Gasteiger partial charge in [0, 0.05) is 12.4 Å². The van der Waals surface area contributed by atoms with Gasteiger partial charge in [0.05, 0.1) is 16.3 Å². The molecular weight excluding hydrogens is 252 g/mol. The van der Waals surface area contributed by atoms with Gasteiger partial charge in [-0.25, -0.2) is 0 Å². The molecule has 4 nitrogen and oxygen atoms in total. The number of carbonyl (C=O) groups is 1. The van der Waals surface area contributed by atoms with E-state index in [1.165, 1.54) is 24.5 Å². The quantitative estimate of drug-likeness (QED) is 0.818. The lowest BCUT2D eigenvalue weighted by Gasteiger charge is -2.08. The van der Waals surface area contributed by atoms with Gasteiger partial charge in [0.2, 0.25) is 0 Å². The molecule has 0 aliphatic heterocycles. The summed E-state index contributed by atoms with van der Waals surface area (Å²) in [4.78, 5) is 15.8. The van der Waals surface area contributed by atoms with Gasteiger partial charge in [0.25, 0.3) is 5.91 Å². The van der Waals surface area contributed by atoms with Crippen LogP contribution in [-0.4, -0.2) is 16.0 Å². The zero-order valence-electron chi connectivity index (χ0n) is 9.64. The summed E-state index contributed by atoms with van der Waals surface area (Å²) in [6.45, 7) is 1.87. The average Bonchev–Trinajstić information content (AvgIpc) is 2.34. The summed E-state index contributed by atoms with van der Waals surface area (Å²) in [5, 5.41) is 12.5. The molecule has 0 aliphatic carbocycles. The lowest BCUT2D eigenvalue weighted by Crippen LogP contribution is -2.12. The maximum atomic E-state index is 12.0. The fourth-order valence-corrected chi connectivity index (χ4v) is 1.70. The first-order valence-corrected chi connectivity index (χ1v) is 5.66. The third kappa shape index (κ3) is 2.60. The van der Waals surface area contributed by atoms with E-state index in [4.69, 9.17) is 11.6 Å². The minimum atomic E-state index is -0.386. The minimum absolute atomic E-state index is 0.0131. The van der Waals surface area contributed by atoms with Gasteiger partial charge in [-0.05, 0) is 30.7 Å². The fraction of sp³-hybridized carbons (Fsp3) is 0.0769. The van der Waals surface area contributed by atoms with Crippen LogP contribution in [0.15, 0.2) is 36.7 Å². The van der Waals surface area contributed by atoms with Crippen molar-refractivity contribution in [1.82, 2.24) is 4.98 Å². The number of pyridine rings is 1. The Bertz CT molecular complexity index is 599. The molecule has 5 heteroatoms. The number of benzene rings is 1. The molecule has 92 valence electrons. The Hall–Kier alpha value is -2.07. The van der Waals surface area contributed by atoms with Gasteiger partial charge in [-0.3, -0.25) is 9.78 Å². The first kappa shape index (κ1) is 12.4. The molecule has 0 radical (unpaired) electrons. The van der Waals surface area contributed by atoms with Crippen molar-refractivity contribution in [1.29, 1.82) is 0 Å². The SMILES string of the molecule is Cc1ccc(O)c(NC(=O)c2ccncc2Cl)c1. The van der Waals surface area contributed by atoms with Crippen LogP contribution in [0.3, 0.4) is 0 Å². The van der Waals surface area contributed by atoms with Crippen molar-refractivity contribution in [3.63, 3.8) is 0 Å². The van der Waals surface area contributed by atoms with E-state index in [9.17, 15) is 9.90 Å². The number of aromatic hydroxyl groups is 1. The van der Waals surface area contributed by atoms with Crippen LogP contribution < -0.4 is 5.32 Å². The molecule has 0 saturated heterocycles. The summed E-state index contributed by atoms with van der Waals surface area (Å²) in [7, 11) is 0. The molecule has 0 atom stereocenters. The summed E-state index contributed by atoms with van der Waals surface area (Å²) in [6.07, 6.45) is 2.88. The van der Waals surface area contributed by atoms with Gasteiger partial charge in [-0.1, -0.05) is 17.7 Å². The molecule has 0 saturated carbocycles. The number of anilines is 1. The number of carbonyl (C=O) groups excluding carboxylic acids is 1. The zero-order chi connectivity index (χ0) is 13.1. The van der Waals surface area contributed by atoms with Crippen LogP contribution in [0.1, 0.15) is 15.9 Å². The third-order valence-corrected chi connectivity index (χ3v) is 2.72. The predicted molar refractivity (Wildman–Crippen MR) is 70.0 cm³/mol. The molecule has 1 heterocycles. The predicted octanol–water partition coefficient (Wildman–Crippen LogP) is 3.00. The van der Waals surface area contributed by atoms with Gasteiger partial charge >= 0.3 is 0 Å². The van der Waals surface area contributed by atoms with E-state index in [2.05, 4.69) is 10.3 Å². The summed E-state index contributed by atoms with van der Waals surface area (Å²) in [6, 6.07) is 6.48. The molecule has 2 rings (SSSR count). The molecule has 0 aliphatic rings. The highest BCUT2D eigenvalue weighted by Crippen LogP contribution is 2.25.